The Labute approximate surface area is 119 Å². The lowest BCUT2D eigenvalue weighted by Gasteiger charge is -2.07. The molecule has 2 rings (SSSR count). The van der Waals surface area contributed by atoms with Crippen molar-refractivity contribution in [3.8, 4) is 0 Å². The predicted molar refractivity (Wildman–Crippen MR) is 81.1 cm³/mol. The van der Waals surface area contributed by atoms with E-state index in [9.17, 15) is 4.79 Å². The molecule has 0 atom stereocenters. The summed E-state index contributed by atoms with van der Waals surface area (Å²) >= 11 is 0. The van der Waals surface area contributed by atoms with E-state index in [-0.39, 0.29) is 5.91 Å². The molecule has 2 aromatic rings. The number of rotatable bonds is 7. The van der Waals surface area contributed by atoms with Crippen LogP contribution in [0.25, 0.3) is 0 Å². The Morgan fingerprint density at radius 2 is 1.85 bits per heavy atom. The second-order valence-electron chi connectivity index (χ2n) is 4.64. The molecule has 1 aromatic carbocycles. The number of amides is 1. The van der Waals surface area contributed by atoms with Crippen molar-refractivity contribution in [1.82, 2.24) is 0 Å². The lowest BCUT2D eigenvalue weighted by molar-refractivity contribution is 0.0996. The van der Waals surface area contributed by atoms with Gasteiger partial charge in [0.2, 0.25) is 0 Å². The summed E-state index contributed by atoms with van der Waals surface area (Å²) in [7, 11) is 0. The Bertz CT molecular complexity index is 518. The van der Waals surface area contributed by atoms with Crippen LogP contribution in [0, 0.1) is 0 Å². The van der Waals surface area contributed by atoms with Gasteiger partial charge in [0.1, 0.15) is 0 Å². The summed E-state index contributed by atoms with van der Waals surface area (Å²) in [5.74, 6) is 0.0745. The summed E-state index contributed by atoms with van der Waals surface area (Å²) in [5, 5.41) is 6.14. The summed E-state index contributed by atoms with van der Waals surface area (Å²) in [6, 6.07) is 11.0. The van der Waals surface area contributed by atoms with E-state index in [1.165, 1.54) is 25.5 Å². The molecule has 0 radical (unpaired) electrons. The van der Waals surface area contributed by atoms with Gasteiger partial charge in [0.25, 0.3) is 5.91 Å². The molecule has 4 heteroatoms. The molecule has 0 saturated carbocycles. The van der Waals surface area contributed by atoms with Gasteiger partial charge < -0.3 is 15.1 Å². The molecule has 20 heavy (non-hydrogen) atoms. The first-order valence-corrected chi connectivity index (χ1v) is 6.98. The summed E-state index contributed by atoms with van der Waals surface area (Å²) in [6.07, 6.45) is 5.12. The standard InChI is InChI=1S/C16H20N2O2/c1-2-3-4-11-17-13-7-9-14(10-8-13)18-16(19)15-6-5-12-20-15/h5-10,12,17H,2-4,11H2,1H3,(H,18,19). The van der Waals surface area contributed by atoms with Gasteiger partial charge in [-0.05, 0) is 42.8 Å². The number of hydrogen-bond donors (Lipinski definition) is 2. The zero-order chi connectivity index (χ0) is 14.2. The van der Waals surface area contributed by atoms with Gasteiger partial charge in [-0.1, -0.05) is 19.8 Å². The number of unbranched alkanes of at least 4 members (excludes halogenated alkanes) is 2. The van der Waals surface area contributed by atoms with Crippen LogP contribution in [-0.4, -0.2) is 12.5 Å². The van der Waals surface area contributed by atoms with Crippen molar-refractivity contribution in [2.75, 3.05) is 17.2 Å². The van der Waals surface area contributed by atoms with Gasteiger partial charge in [-0.15, -0.1) is 0 Å². The van der Waals surface area contributed by atoms with Crippen LogP contribution in [0.1, 0.15) is 36.7 Å². The zero-order valence-electron chi connectivity index (χ0n) is 11.7. The Kier molecular flexibility index (Phi) is 5.24. The molecule has 1 amide bonds. The van der Waals surface area contributed by atoms with E-state index in [1.807, 2.05) is 24.3 Å². The van der Waals surface area contributed by atoms with E-state index >= 15 is 0 Å². The summed E-state index contributed by atoms with van der Waals surface area (Å²) < 4.78 is 5.04. The minimum Gasteiger partial charge on any atom is -0.459 e. The van der Waals surface area contributed by atoms with E-state index in [2.05, 4.69) is 17.6 Å². The summed E-state index contributed by atoms with van der Waals surface area (Å²) in [4.78, 5) is 11.8. The number of benzene rings is 1. The lowest BCUT2D eigenvalue weighted by atomic mass is 10.2. The molecule has 0 aliphatic carbocycles. The highest BCUT2D eigenvalue weighted by molar-refractivity contribution is 6.02. The van der Waals surface area contributed by atoms with Crippen molar-refractivity contribution in [2.24, 2.45) is 0 Å². The first kappa shape index (κ1) is 14.2. The molecule has 2 N–H and O–H groups in total. The predicted octanol–water partition coefficient (Wildman–Crippen LogP) is 4.13. The van der Waals surface area contributed by atoms with Crippen LogP contribution in [0.5, 0.6) is 0 Å². The van der Waals surface area contributed by atoms with Crippen molar-refractivity contribution in [2.45, 2.75) is 26.2 Å². The van der Waals surface area contributed by atoms with E-state index in [1.54, 1.807) is 12.1 Å². The average molecular weight is 272 g/mol. The monoisotopic (exact) mass is 272 g/mol. The average Bonchev–Trinajstić information content (AvgIpc) is 3.00. The fraction of sp³-hybridized carbons (Fsp3) is 0.312. The van der Waals surface area contributed by atoms with Crippen molar-refractivity contribution in [1.29, 1.82) is 0 Å². The highest BCUT2D eigenvalue weighted by Gasteiger charge is 2.08. The SMILES string of the molecule is CCCCCNc1ccc(NC(=O)c2ccco2)cc1. The maximum atomic E-state index is 11.8. The highest BCUT2D eigenvalue weighted by Crippen LogP contribution is 2.15. The van der Waals surface area contributed by atoms with Gasteiger partial charge in [0.05, 0.1) is 6.26 Å². The fourth-order valence-electron chi connectivity index (χ4n) is 1.88. The normalized spacial score (nSPS) is 10.2. The van der Waals surface area contributed by atoms with E-state index in [0.717, 1.165) is 17.9 Å². The van der Waals surface area contributed by atoms with E-state index < -0.39 is 0 Å². The molecule has 0 spiro atoms. The van der Waals surface area contributed by atoms with Crippen LogP contribution in [0.15, 0.2) is 47.1 Å². The van der Waals surface area contributed by atoms with Crippen molar-refractivity contribution in [3.05, 3.63) is 48.4 Å². The first-order valence-electron chi connectivity index (χ1n) is 6.98. The van der Waals surface area contributed by atoms with Crippen LogP contribution in [-0.2, 0) is 0 Å². The lowest BCUT2D eigenvalue weighted by Crippen LogP contribution is -2.10. The van der Waals surface area contributed by atoms with Crippen LogP contribution >= 0.6 is 0 Å². The number of furan rings is 1. The summed E-state index contributed by atoms with van der Waals surface area (Å²) in [6.45, 7) is 3.17. The Hall–Kier alpha value is -2.23. The Morgan fingerprint density at radius 1 is 1.10 bits per heavy atom. The van der Waals surface area contributed by atoms with Gasteiger partial charge in [-0.25, -0.2) is 0 Å². The molecule has 0 aliphatic heterocycles. The zero-order valence-corrected chi connectivity index (χ0v) is 11.7. The molecule has 0 aliphatic rings. The van der Waals surface area contributed by atoms with Crippen molar-refractivity contribution in [3.63, 3.8) is 0 Å². The largest absolute Gasteiger partial charge is 0.459 e. The fourth-order valence-corrected chi connectivity index (χ4v) is 1.88. The van der Waals surface area contributed by atoms with Gasteiger partial charge in [0, 0.05) is 17.9 Å². The quantitative estimate of drug-likeness (QED) is 0.745. The van der Waals surface area contributed by atoms with Gasteiger partial charge in [0.15, 0.2) is 5.76 Å². The van der Waals surface area contributed by atoms with Gasteiger partial charge in [-0.3, -0.25) is 4.79 Å². The third-order valence-electron chi connectivity index (χ3n) is 3.00. The maximum absolute atomic E-state index is 11.8. The maximum Gasteiger partial charge on any atom is 0.291 e. The number of hydrogen-bond acceptors (Lipinski definition) is 3. The van der Waals surface area contributed by atoms with E-state index in [4.69, 9.17) is 4.42 Å². The number of nitrogens with one attached hydrogen (secondary N) is 2. The second-order valence-corrected chi connectivity index (χ2v) is 4.64. The molecule has 0 saturated heterocycles. The smallest absolute Gasteiger partial charge is 0.291 e. The molecule has 4 nitrogen and oxygen atoms in total. The summed E-state index contributed by atoms with van der Waals surface area (Å²) in [5.41, 5.74) is 1.82. The van der Waals surface area contributed by atoms with Crippen LogP contribution < -0.4 is 10.6 Å². The third-order valence-corrected chi connectivity index (χ3v) is 3.00. The molecule has 0 fully saturated rings. The molecule has 1 aromatic heterocycles. The molecular weight excluding hydrogens is 252 g/mol. The highest BCUT2D eigenvalue weighted by atomic mass is 16.3. The molecular formula is C16H20N2O2. The topological polar surface area (TPSA) is 54.3 Å². The van der Waals surface area contributed by atoms with Gasteiger partial charge >= 0.3 is 0 Å². The first-order chi connectivity index (χ1) is 9.79. The van der Waals surface area contributed by atoms with Crippen molar-refractivity contribution < 1.29 is 9.21 Å². The Balaban J connectivity index is 1.83. The number of anilines is 2. The molecule has 106 valence electrons. The molecule has 0 bridgehead atoms. The van der Waals surface area contributed by atoms with Crippen molar-refractivity contribution >= 4 is 17.3 Å². The minimum absolute atomic E-state index is 0.237. The Morgan fingerprint density at radius 3 is 2.50 bits per heavy atom. The molecule has 0 unspecified atom stereocenters. The van der Waals surface area contributed by atoms with Crippen LogP contribution in [0.2, 0.25) is 0 Å². The molecule has 1 heterocycles. The van der Waals surface area contributed by atoms with Gasteiger partial charge in [-0.2, -0.15) is 0 Å². The van der Waals surface area contributed by atoms with E-state index in [0.29, 0.717) is 5.76 Å². The second kappa shape index (κ2) is 7.38. The number of carbonyl (C=O) groups excluding carboxylic acids is 1. The third kappa shape index (κ3) is 4.16. The van der Waals surface area contributed by atoms with Crippen LogP contribution in [0.4, 0.5) is 11.4 Å². The number of carbonyl (C=O) groups is 1. The van der Waals surface area contributed by atoms with Crippen LogP contribution in [0.3, 0.4) is 0 Å². The minimum atomic E-state index is -0.237.